The molecule has 17 nitrogen and oxygen atoms in total. The fourth-order valence-corrected chi connectivity index (χ4v) is 13.3. The van der Waals surface area contributed by atoms with Crippen LogP contribution >= 0.6 is 15.6 Å². The highest BCUT2D eigenvalue weighted by molar-refractivity contribution is 7.47. The molecular formula is C77H150O17P2. The summed E-state index contributed by atoms with van der Waals surface area (Å²) in [7, 11) is -9.91. The minimum Gasteiger partial charge on any atom is -0.462 e. The Bertz CT molecular complexity index is 1880. The molecule has 570 valence electrons. The minimum atomic E-state index is -4.96. The number of carbonyl (C=O) groups excluding carboxylic acids is 4. The number of rotatable bonds is 74. The molecule has 3 unspecified atom stereocenters. The van der Waals surface area contributed by atoms with E-state index in [4.69, 9.17) is 37.0 Å². The monoisotopic (exact) mass is 1410 g/mol. The Morgan fingerprint density at radius 3 is 0.646 bits per heavy atom. The number of phosphoric ester groups is 2. The van der Waals surface area contributed by atoms with Gasteiger partial charge in [-0.05, 0) is 49.4 Å². The van der Waals surface area contributed by atoms with Crippen molar-refractivity contribution in [2.45, 2.75) is 408 Å². The number of aliphatic hydroxyl groups excluding tert-OH is 1. The first-order chi connectivity index (χ1) is 46.1. The van der Waals surface area contributed by atoms with E-state index in [-0.39, 0.29) is 25.7 Å². The number of esters is 4. The van der Waals surface area contributed by atoms with Crippen molar-refractivity contribution >= 4 is 39.5 Å². The Morgan fingerprint density at radius 1 is 0.260 bits per heavy atom. The fraction of sp³-hybridized carbons (Fsp3) is 0.948. The zero-order valence-corrected chi connectivity index (χ0v) is 64.8. The lowest BCUT2D eigenvalue weighted by Crippen LogP contribution is -2.30. The lowest BCUT2D eigenvalue weighted by atomic mass is 10.0. The maximum atomic E-state index is 13.1. The Labute approximate surface area is 588 Å². The average molecular weight is 1410 g/mol. The Hall–Kier alpha value is -1.94. The number of aliphatic hydroxyl groups is 1. The molecular weight excluding hydrogens is 1260 g/mol. The van der Waals surface area contributed by atoms with Gasteiger partial charge < -0.3 is 33.8 Å². The van der Waals surface area contributed by atoms with E-state index in [2.05, 4.69) is 55.4 Å². The average Bonchev–Trinajstić information content (AvgIpc) is 1.50. The van der Waals surface area contributed by atoms with Crippen LogP contribution in [0.1, 0.15) is 389 Å². The predicted octanol–water partition coefficient (Wildman–Crippen LogP) is 22.4. The Morgan fingerprint density at radius 2 is 0.438 bits per heavy atom. The van der Waals surface area contributed by atoms with Gasteiger partial charge in [0.25, 0.3) is 0 Å². The first-order valence-electron chi connectivity index (χ1n) is 39.7. The summed E-state index contributed by atoms with van der Waals surface area (Å²) >= 11 is 0. The van der Waals surface area contributed by atoms with Crippen LogP contribution in [-0.2, 0) is 65.4 Å². The van der Waals surface area contributed by atoms with Crippen LogP contribution < -0.4 is 0 Å². The molecule has 0 saturated carbocycles. The van der Waals surface area contributed by atoms with E-state index in [0.717, 1.165) is 114 Å². The summed E-state index contributed by atoms with van der Waals surface area (Å²) in [6.07, 6.45) is 51.6. The summed E-state index contributed by atoms with van der Waals surface area (Å²) in [4.78, 5) is 72.8. The zero-order valence-electron chi connectivity index (χ0n) is 63.0. The molecule has 0 aliphatic rings. The Kier molecular flexibility index (Phi) is 65.0. The van der Waals surface area contributed by atoms with Gasteiger partial charge in [0.05, 0.1) is 26.4 Å². The second-order valence-corrected chi connectivity index (χ2v) is 32.6. The van der Waals surface area contributed by atoms with Gasteiger partial charge in [0, 0.05) is 25.7 Å². The van der Waals surface area contributed by atoms with Crippen LogP contribution in [0.4, 0.5) is 0 Å². The van der Waals surface area contributed by atoms with Crippen molar-refractivity contribution in [3.05, 3.63) is 0 Å². The van der Waals surface area contributed by atoms with Gasteiger partial charge in [0.15, 0.2) is 12.2 Å². The summed E-state index contributed by atoms with van der Waals surface area (Å²) in [5, 5.41) is 10.6. The third-order valence-corrected chi connectivity index (χ3v) is 19.7. The summed E-state index contributed by atoms with van der Waals surface area (Å²) in [5.74, 6) is 0.897. The maximum absolute atomic E-state index is 13.1. The molecule has 0 bridgehead atoms. The van der Waals surface area contributed by atoms with Crippen molar-refractivity contribution in [1.82, 2.24) is 0 Å². The molecule has 0 fully saturated rings. The van der Waals surface area contributed by atoms with E-state index < -0.39 is 97.5 Å². The van der Waals surface area contributed by atoms with Gasteiger partial charge in [-0.25, -0.2) is 9.13 Å². The largest absolute Gasteiger partial charge is 0.472 e. The van der Waals surface area contributed by atoms with Gasteiger partial charge in [-0.1, -0.05) is 338 Å². The molecule has 96 heavy (non-hydrogen) atoms. The van der Waals surface area contributed by atoms with Gasteiger partial charge in [-0.2, -0.15) is 0 Å². The van der Waals surface area contributed by atoms with E-state index in [9.17, 15) is 43.2 Å². The third kappa shape index (κ3) is 70.5. The molecule has 0 spiro atoms. The quantitative estimate of drug-likeness (QED) is 0.0222. The van der Waals surface area contributed by atoms with Gasteiger partial charge in [-0.3, -0.25) is 37.3 Å². The summed E-state index contributed by atoms with van der Waals surface area (Å²) in [5.41, 5.74) is 0. The molecule has 0 aliphatic carbocycles. The second kappa shape index (κ2) is 66.3. The molecule has 5 atom stereocenters. The minimum absolute atomic E-state index is 0.105. The van der Waals surface area contributed by atoms with Crippen LogP contribution in [0.15, 0.2) is 0 Å². The standard InChI is InChI=1S/C77H150O17P2/c1-67(2)53-45-37-29-21-17-15-13-11-9-10-12-14-16-18-23-33-41-49-57-74(79)87-63-73(94-77(82)60-52-44-36-28-26-32-40-48-56-70(7)8)66-92-96(85,86)90-62-71(78)61-89-95(83,84)91-65-72(64-88-75(80)58-50-42-34-27-25-31-39-47-55-69(5)6)93-76(81)59-51-43-35-24-20-19-22-30-38-46-54-68(3)4/h67-73,78H,9-66H2,1-8H3,(H,83,84)(H,85,86)/t71?,72-,73-/m1/s1. The smallest absolute Gasteiger partial charge is 0.462 e. The van der Waals surface area contributed by atoms with E-state index in [1.54, 1.807) is 0 Å². The normalized spacial score (nSPS) is 14.1. The lowest BCUT2D eigenvalue weighted by molar-refractivity contribution is -0.161. The van der Waals surface area contributed by atoms with Crippen LogP contribution in [0, 0.1) is 23.7 Å². The number of phosphoric acid groups is 2. The lowest BCUT2D eigenvalue weighted by Gasteiger charge is -2.21. The number of hydrogen-bond acceptors (Lipinski definition) is 15. The van der Waals surface area contributed by atoms with Gasteiger partial charge in [-0.15, -0.1) is 0 Å². The molecule has 0 saturated heterocycles. The topological polar surface area (TPSA) is 237 Å². The van der Waals surface area contributed by atoms with Crippen LogP contribution in [0.2, 0.25) is 0 Å². The van der Waals surface area contributed by atoms with Crippen molar-refractivity contribution < 1.29 is 80.2 Å². The van der Waals surface area contributed by atoms with Crippen molar-refractivity contribution in [1.29, 1.82) is 0 Å². The summed E-state index contributed by atoms with van der Waals surface area (Å²) in [6.45, 7) is 14.2. The highest BCUT2D eigenvalue weighted by atomic mass is 31.2. The molecule has 0 amide bonds. The molecule has 0 radical (unpaired) electrons. The first kappa shape index (κ1) is 94.1. The molecule has 0 aromatic heterocycles. The predicted molar refractivity (Wildman–Crippen MR) is 391 cm³/mol. The molecule has 0 rings (SSSR count). The van der Waals surface area contributed by atoms with Crippen LogP contribution in [-0.4, -0.2) is 96.7 Å². The molecule has 0 heterocycles. The molecule has 0 aromatic carbocycles. The summed E-state index contributed by atoms with van der Waals surface area (Å²) < 4.78 is 68.5. The highest BCUT2D eigenvalue weighted by Crippen LogP contribution is 2.45. The van der Waals surface area contributed by atoms with Crippen LogP contribution in [0.5, 0.6) is 0 Å². The molecule has 19 heteroatoms. The second-order valence-electron chi connectivity index (χ2n) is 29.7. The van der Waals surface area contributed by atoms with Crippen molar-refractivity contribution in [2.75, 3.05) is 39.6 Å². The van der Waals surface area contributed by atoms with E-state index in [1.807, 2.05) is 0 Å². The molecule has 0 aromatic rings. The number of ether oxygens (including phenoxy) is 4. The van der Waals surface area contributed by atoms with Gasteiger partial charge >= 0.3 is 39.5 Å². The van der Waals surface area contributed by atoms with Crippen LogP contribution in [0.25, 0.3) is 0 Å². The summed E-state index contributed by atoms with van der Waals surface area (Å²) in [6, 6.07) is 0. The third-order valence-electron chi connectivity index (χ3n) is 17.8. The van der Waals surface area contributed by atoms with Crippen molar-refractivity contribution in [3.8, 4) is 0 Å². The highest BCUT2D eigenvalue weighted by Gasteiger charge is 2.30. The fourth-order valence-electron chi connectivity index (χ4n) is 11.7. The van der Waals surface area contributed by atoms with E-state index >= 15 is 0 Å². The maximum Gasteiger partial charge on any atom is 0.472 e. The van der Waals surface area contributed by atoms with E-state index in [0.29, 0.717) is 25.7 Å². The number of hydrogen-bond donors (Lipinski definition) is 3. The van der Waals surface area contributed by atoms with Gasteiger partial charge in [0.2, 0.25) is 0 Å². The van der Waals surface area contributed by atoms with Crippen molar-refractivity contribution in [2.24, 2.45) is 23.7 Å². The molecule has 3 N–H and O–H groups in total. The van der Waals surface area contributed by atoms with Crippen molar-refractivity contribution in [3.63, 3.8) is 0 Å². The van der Waals surface area contributed by atoms with E-state index in [1.165, 1.54) is 193 Å². The SMILES string of the molecule is CC(C)CCCCCCCCCCCCCCCCCCCCC(=O)OC[C@H](COP(=O)(O)OCC(O)COP(=O)(O)OC[C@@H](COC(=O)CCCCCCCCCCC(C)C)OC(=O)CCCCCCCCCCCCC(C)C)OC(=O)CCCCCCCCCCC(C)C. The first-order valence-corrected chi connectivity index (χ1v) is 42.7. The zero-order chi connectivity index (χ0) is 71.0. The van der Waals surface area contributed by atoms with Gasteiger partial charge in [0.1, 0.15) is 19.3 Å². The number of carbonyl (C=O) groups is 4. The molecule has 0 aliphatic heterocycles. The number of unbranched alkanes of at least 4 members (excludes halogenated alkanes) is 40. The van der Waals surface area contributed by atoms with Crippen LogP contribution in [0.3, 0.4) is 0 Å². The Balaban J connectivity index is 5.17.